The summed E-state index contributed by atoms with van der Waals surface area (Å²) in [6.45, 7) is 0. The molecule has 0 aromatic heterocycles. The van der Waals surface area contributed by atoms with E-state index in [1.165, 1.54) is 57.8 Å². The molecule has 0 spiro atoms. The van der Waals surface area contributed by atoms with Crippen LogP contribution >= 0.6 is 12.6 Å². The fraction of sp³-hybridized carbons (Fsp3) is 1.00. The lowest BCUT2D eigenvalue weighted by molar-refractivity contribution is 0.394. The molecule has 15 heavy (non-hydrogen) atoms. The Morgan fingerprint density at radius 1 is 0.667 bits per heavy atom. The minimum absolute atomic E-state index is 0.510. The molecule has 0 aromatic rings. The van der Waals surface area contributed by atoms with Gasteiger partial charge < -0.3 is 0 Å². The summed E-state index contributed by atoms with van der Waals surface area (Å²) in [7, 11) is 0. The van der Waals surface area contributed by atoms with Crippen molar-refractivity contribution in [2.24, 2.45) is 10.2 Å². The van der Waals surface area contributed by atoms with Gasteiger partial charge in [0, 0.05) is 5.25 Å². The van der Waals surface area contributed by atoms with E-state index >= 15 is 0 Å². The van der Waals surface area contributed by atoms with Crippen molar-refractivity contribution in [1.29, 1.82) is 0 Å². The van der Waals surface area contributed by atoms with Crippen LogP contribution in [0, 0.1) is 0 Å². The second kappa shape index (κ2) is 5.88. The fourth-order valence-corrected chi connectivity index (χ4v) is 2.86. The van der Waals surface area contributed by atoms with E-state index in [9.17, 15) is 0 Å². The Bertz CT molecular complexity index is 204. The van der Waals surface area contributed by atoms with E-state index in [1.54, 1.807) is 0 Å². The number of azo groups is 1. The summed E-state index contributed by atoms with van der Waals surface area (Å²) < 4.78 is 0. The van der Waals surface area contributed by atoms with Gasteiger partial charge in [-0.3, -0.25) is 0 Å². The summed E-state index contributed by atoms with van der Waals surface area (Å²) in [5, 5.41) is 9.68. The highest BCUT2D eigenvalue weighted by molar-refractivity contribution is 7.80. The summed E-state index contributed by atoms with van der Waals surface area (Å²) in [6.07, 6.45) is 11.5. The van der Waals surface area contributed by atoms with Crippen molar-refractivity contribution >= 4 is 12.6 Å². The van der Waals surface area contributed by atoms with Crippen LogP contribution in [0.3, 0.4) is 0 Å². The summed E-state index contributed by atoms with van der Waals surface area (Å²) in [6, 6.07) is 1.06. The van der Waals surface area contributed by atoms with E-state index in [2.05, 4.69) is 22.9 Å². The molecular weight excluding hydrogens is 204 g/mol. The summed E-state index contributed by atoms with van der Waals surface area (Å²) in [5.74, 6) is 0. The van der Waals surface area contributed by atoms with E-state index in [1.807, 2.05) is 0 Å². The molecule has 0 aliphatic heterocycles. The van der Waals surface area contributed by atoms with Gasteiger partial charge in [0.25, 0.3) is 0 Å². The van der Waals surface area contributed by atoms with Gasteiger partial charge >= 0.3 is 0 Å². The maximum Gasteiger partial charge on any atom is 0.0709 e. The molecule has 0 heterocycles. The predicted octanol–water partition coefficient (Wildman–Crippen LogP) is 4.01. The zero-order valence-corrected chi connectivity index (χ0v) is 10.3. The molecule has 0 aromatic carbocycles. The highest BCUT2D eigenvalue weighted by Gasteiger charge is 2.19. The molecule has 2 fully saturated rings. The van der Waals surface area contributed by atoms with Gasteiger partial charge in [-0.05, 0) is 38.5 Å². The standard InChI is InChI=1S/C12H22N2S/c15-12-8-6-11(7-9-12)14-13-10-4-2-1-3-5-10/h10-12,15H,1-9H2. The Balaban J connectivity index is 1.73. The maximum atomic E-state index is 4.53. The van der Waals surface area contributed by atoms with E-state index in [-0.39, 0.29) is 0 Å². The van der Waals surface area contributed by atoms with Gasteiger partial charge in [0.1, 0.15) is 0 Å². The molecule has 0 amide bonds. The van der Waals surface area contributed by atoms with Gasteiger partial charge in [0.2, 0.25) is 0 Å². The van der Waals surface area contributed by atoms with Crippen LogP contribution in [-0.2, 0) is 0 Å². The highest BCUT2D eigenvalue weighted by Crippen LogP contribution is 2.26. The average molecular weight is 226 g/mol. The topological polar surface area (TPSA) is 24.7 Å². The van der Waals surface area contributed by atoms with Crippen LogP contribution in [0.5, 0.6) is 0 Å². The molecule has 0 unspecified atom stereocenters. The molecule has 2 saturated carbocycles. The normalized spacial score (nSPS) is 34.7. The number of nitrogens with zero attached hydrogens (tertiary/aromatic N) is 2. The number of thiol groups is 1. The lowest BCUT2D eigenvalue weighted by atomic mass is 9.95. The molecule has 86 valence electrons. The van der Waals surface area contributed by atoms with E-state index < -0.39 is 0 Å². The van der Waals surface area contributed by atoms with Gasteiger partial charge in [-0.15, -0.1) is 0 Å². The molecule has 0 N–H and O–H groups in total. The molecule has 2 aliphatic rings. The summed E-state index contributed by atoms with van der Waals surface area (Å²) >= 11 is 4.50. The molecule has 0 radical (unpaired) electrons. The molecule has 2 aliphatic carbocycles. The van der Waals surface area contributed by atoms with Gasteiger partial charge in [-0.25, -0.2) is 0 Å². The zero-order chi connectivity index (χ0) is 10.5. The van der Waals surface area contributed by atoms with Crippen molar-refractivity contribution in [1.82, 2.24) is 0 Å². The number of hydrogen-bond acceptors (Lipinski definition) is 3. The van der Waals surface area contributed by atoms with Crippen molar-refractivity contribution in [2.45, 2.75) is 75.1 Å². The van der Waals surface area contributed by atoms with Crippen molar-refractivity contribution in [3.63, 3.8) is 0 Å². The van der Waals surface area contributed by atoms with Crippen molar-refractivity contribution < 1.29 is 0 Å². The third-order valence-corrected chi connectivity index (χ3v) is 4.15. The second-order valence-corrected chi connectivity index (χ2v) is 5.72. The first-order valence-corrected chi connectivity index (χ1v) is 6.94. The first kappa shape index (κ1) is 11.4. The number of hydrogen-bond donors (Lipinski definition) is 1. The average Bonchev–Trinajstić information content (AvgIpc) is 2.30. The van der Waals surface area contributed by atoms with E-state index in [0.717, 1.165) is 0 Å². The molecule has 3 heteroatoms. The van der Waals surface area contributed by atoms with E-state index in [4.69, 9.17) is 0 Å². The Kier molecular flexibility index (Phi) is 4.48. The zero-order valence-electron chi connectivity index (χ0n) is 9.44. The Hall–Kier alpha value is -0.0500. The van der Waals surface area contributed by atoms with Crippen molar-refractivity contribution in [2.75, 3.05) is 0 Å². The van der Waals surface area contributed by atoms with Crippen LogP contribution in [0.25, 0.3) is 0 Å². The fourth-order valence-electron chi connectivity index (χ4n) is 2.56. The Morgan fingerprint density at radius 2 is 1.20 bits per heavy atom. The molecule has 0 saturated heterocycles. The van der Waals surface area contributed by atoms with Crippen molar-refractivity contribution in [3.05, 3.63) is 0 Å². The lowest BCUT2D eigenvalue weighted by Gasteiger charge is -2.23. The van der Waals surface area contributed by atoms with Crippen LogP contribution in [0.1, 0.15) is 57.8 Å². The van der Waals surface area contributed by atoms with Gasteiger partial charge in [0.15, 0.2) is 0 Å². The maximum absolute atomic E-state index is 4.53. The van der Waals surface area contributed by atoms with Crippen LogP contribution in [0.4, 0.5) is 0 Å². The largest absolute Gasteiger partial charge is 0.191 e. The van der Waals surface area contributed by atoms with Crippen LogP contribution in [0.2, 0.25) is 0 Å². The van der Waals surface area contributed by atoms with Crippen LogP contribution in [0.15, 0.2) is 10.2 Å². The van der Waals surface area contributed by atoms with Crippen molar-refractivity contribution in [3.8, 4) is 0 Å². The number of rotatable bonds is 2. The Labute approximate surface area is 98.3 Å². The second-order valence-electron chi connectivity index (χ2n) is 4.99. The van der Waals surface area contributed by atoms with Crippen LogP contribution < -0.4 is 0 Å². The third-order valence-electron chi connectivity index (χ3n) is 3.63. The first-order chi connectivity index (χ1) is 7.34. The summed E-state index contributed by atoms with van der Waals surface area (Å²) in [5.41, 5.74) is 0. The molecule has 0 bridgehead atoms. The molecular formula is C12H22N2S. The monoisotopic (exact) mass is 226 g/mol. The highest BCUT2D eigenvalue weighted by atomic mass is 32.1. The molecule has 2 rings (SSSR count). The minimum Gasteiger partial charge on any atom is -0.191 e. The smallest absolute Gasteiger partial charge is 0.0709 e. The van der Waals surface area contributed by atoms with Gasteiger partial charge in [-0.1, -0.05) is 19.3 Å². The molecule has 2 nitrogen and oxygen atoms in total. The van der Waals surface area contributed by atoms with Crippen LogP contribution in [-0.4, -0.2) is 17.3 Å². The first-order valence-electron chi connectivity index (χ1n) is 6.42. The quantitative estimate of drug-likeness (QED) is 0.543. The van der Waals surface area contributed by atoms with Gasteiger partial charge in [-0.2, -0.15) is 22.9 Å². The molecule has 0 atom stereocenters. The van der Waals surface area contributed by atoms with Gasteiger partial charge in [0.05, 0.1) is 12.1 Å². The van der Waals surface area contributed by atoms with E-state index in [0.29, 0.717) is 17.3 Å². The third kappa shape index (κ3) is 3.78. The minimum atomic E-state index is 0.510. The summed E-state index contributed by atoms with van der Waals surface area (Å²) in [4.78, 5) is 0. The SMILES string of the molecule is SC1CCC(N=NC2CCCCC2)CC1. The lowest BCUT2D eigenvalue weighted by Crippen LogP contribution is -2.17. The predicted molar refractivity (Wildman–Crippen MR) is 66.8 cm³/mol. The Morgan fingerprint density at radius 3 is 1.80 bits per heavy atom.